The van der Waals surface area contributed by atoms with Gasteiger partial charge in [0.2, 0.25) is 0 Å². The van der Waals surface area contributed by atoms with E-state index in [0.717, 1.165) is 62.2 Å². The summed E-state index contributed by atoms with van der Waals surface area (Å²) in [7, 11) is -1.64. The third kappa shape index (κ3) is 6.13. The number of aromatic hydroxyl groups is 1. The van der Waals surface area contributed by atoms with Crippen molar-refractivity contribution in [3.8, 4) is 50.9 Å². The maximum absolute atomic E-state index is 11.1. The molecule has 0 fully saturated rings. The van der Waals surface area contributed by atoms with Gasteiger partial charge < -0.3 is 9.67 Å². The highest BCUT2D eigenvalue weighted by molar-refractivity contribution is 6.89. The van der Waals surface area contributed by atoms with Gasteiger partial charge >= 0.3 is 0 Å². The van der Waals surface area contributed by atoms with Gasteiger partial charge in [0, 0.05) is 39.5 Å². The number of para-hydroxylation sites is 5. The Morgan fingerprint density at radius 2 is 1.22 bits per heavy atom. The second-order valence-electron chi connectivity index (χ2n) is 16.0. The lowest BCUT2D eigenvalue weighted by Gasteiger charge is -2.22. The number of nitrogens with zero attached hydrogens (tertiary/aromatic N) is 4. The molecule has 6 heteroatoms. The van der Waals surface area contributed by atoms with Crippen molar-refractivity contribution in [2.24, 2.45) is 5.92 Å². The Hall–Kier alpha value is -6.24. The van der Waals surface area contributed by atoms with Gasteiger partial charge in [-0.3, -0.25) is 9.55 Å². The summed E-state index contributed by atoms with van der Waals surface area (Å²) in [5.74, 6) is 1.41. The van der Waals surface area contributed by atoms with E-state index in [4.69, 9.17) is 9.97 Å². The molecule has 9 rings (SSSR count). The summed E-state index contributed by atoms with van der Waals surface area (Å²) in [6.07, 6.45) is 3.17. The van der Waals surface area contributed by atoms with E-state index in [2.05, 4.69) is 152 Å². The maximum Gasteiger partial charge on any atom is 0.149 e. The molecular weight excluding hydrogens is 689 g/mol. The number of phenolic OH excluding ortho intramolecular Hbond substituents is 1. The van der Waals surface area contributed by atoms with Crippen LogP contribution in [-0.4, -0.2) is 32.3 Å². The number of pyridine rings is 1. The van der Waals surface area contributed by atoms with Gasteiger partial charge in [-0.1, -0.05) is 112 Å². The average Bonchev–Trinajstić information content (AvgIpc) is 3.74. The molecule has 0 aliphatic carbocycles. The van der Waals surface area contributed by atoms with Crippen molar-refractivity contribution in [3.05, 3.63) is 157 Å². The van der Waals surface area contributed by atoms with Crippen LogP contribution in [0.1, 0.15) is 19.4 Å². The van der Waals surface area contributed by atoms with Gasteiger partial charge in [0.25, 0.3) is 0 Å². The normalized spacial score (nSPS) is 12.0. The first kappa shape index (κ1) is 34.5. The summed E-state index contributed by atoms with van der Waals surface area (Å²) in [5.41, 5.74) is 12.3. The van der Waals surface area contributed by atoms with Gasteiger partial charge in [-0.05, 0) is 95.4 Å². The highest BCUT2D eigenvalue weighted by Crippen LogP contribution is 2.40. The van der Waals surface area contributed by atoms with Crippen molar-refractivity contribution >= 4 is 46.1 Å². The number of imidazole rings is 1. The molecule has 0 aliphatic heterocycles. The Balaban J connectivity index is 1.35. The van der Waals surface area contributed by atoms with E-state index in [1.54, 1.807) is 6.07 Å². The lowest BCUT2D eigenvalue weighted by atomic mass is 9.97. The van der Waals surface area contributed by atoms with Crippen molar-refractivity contribution < 1.29 is 5.11 Å². The smallest absolute Gasteiger partial charge is 0.149 e. The van der Waals surface area contributed by atoms with Crippen LogP contribution in [0.15, 0.2) is 152 Å². The van der Waals surface area contributed by atoms with Crippen molar-refractivity contribution in [2.75, 3.05) is 0 Å². The van der Waals surface area contributed by atoms with Crippen molar-refractivity contribution in [1.82, 2.24) is 19.1 Å². The van der Waals surface area contributed by atoms with Gasteiger partial charge in [-0.2, -0.15) is 0 Å². The molecule has 0 radical (unpaired) electrons. The van der Waals surface area contributed by atoms with Crippen LogP contribution in [-0.2, 0) is 6.42 Å². The van der Waals surface area contributed by atoms with Crippen LogP contribution in [0.2, 0.25) is 19.6 Å². The van der Waals surface area contributed by atoms with E-state index in [9.17, 15) is 5.11 Å². The van der Waals surface area contributed by atoms with Crippen LogP contribution < -0.4 is 5.19 Å². The fourth-order valence-corrected chi connectivity index (χ4v) is 9.79. The summed E-state index contributed by atoms with van der Waals surface area (Å²) in [6, 6.07) is 50.7. The quantitative estimate of drug-likeness (QED) is 0.158. The summed E-state index contributed by atoms with van der Waals surface area (Å²) < 4.78 is 4.54. The maximum atomic E-state index is 11.1. The molecule has 9 aromatic rings. The molecule has 3 aromatic heterocycles. The summed E-state index contributed by atoms with van der Waals surface area (Å²) in [4.78, 5) is 10.6. The molecule has 0 amide bonds. The van der Waals surface area contributed by atoms with E-state index >= 15 is 0 Å². The molecule has 5 nitrogen and oxygen atoms in total. The molecule has 0 atom stereocenters. The van der Waals surface area contributed by atoms with Crippen LogP contribution in [0.4, 0.5) is 0 Å². The molecule has 1 N–H and O–H groups in total. The van der Waals surface area contributed by atoms with Crippen LogP contribution >= 0.6 is 0 Å². The molecule has 0 unspecified atom stereocenters. The highest BCUT2D eigenvalue weighted by Gasteiger charge is 2.24. The first-order chi connectivity index (χ1) is 26.7. The van der Waals surface area contributed by atoms with Crippen LogP contribution in [0.25, 0.3) is 78.0 Å². The van der Waals surface area contributed by atoms with Crippen molar-refractivity contribution in [3.63, 3.8) is 0 Å². The first-order valence-electron chi connectivity index (χ1n) is 19.1. The van der Waals surface area contributed by atoms with E-state index in [1.165, 1.54) is 21.5 Å². The average molecular weight is 733 g/mol. The zero-order chi connectivity index (χ0) is 37.8. The number of phenols is 1. The fraction of sp³-hybridized carbons (Fsp3) is 0.143. The predicted molar refractivity (Wildman–Crippen MR) is 233 cm³/mol. The number of rotatable bonds is 8. The fourth-order valence-electron chi connectivity index (χ4n) is 8.20. The van der Waals surface area contributed by atoms with Crippen molar-refractivity contribution in [2.45, 2.75) is 39.9 Å². The zero-order valence-corrected chi connectivity index (χ0v) is 33.0. The predicted octanol–water partition coefficient (Wildman–Crippen LogP) is 12.0. The van der Waals surface area contributed by atoms with E-state index in [1.807, 2.05) is 36.4 Å². The first-order valence-corrected chi connectivity index (χ1v) is 22.6. The van der Waals surface area contributed by atoms with E-state index < -0.39 is 8.07 Å². The lowest BCUT2D eigenvalue weighted by Crippen LogP contribution is -2.40. The number of fused-ring (bicyclic) bond motifs is 4. The Labute approximate surface area is 323 Å². The SMILES string of the molecule is CC(C)Cc1cc(-c2cc(-c3cccc4c3nc(-c3ccccc3O)n4-c3ccccc3)cc(-n3c4ccccc4c4ccccc43)c2)ncc1[Si](C)(C)C. The number of benzene rings is 6. The lowest BCUT2D eigenvalue weighted by molar-refractivity contribution is 0.477. The van der Waals surface area contributed by atoms with Crippen LogP contribution in [0.3, 0.4) is 0 Å². The number of hydrogen-bond donors (Lipinski definition) is 1. The second-order valence-corrected chi connectivity index (χ2v) is 21.0. The second kappa shape index (κ2) is 13.6. The van der Waals surface area contributed by atoms with Crippen LogP contribution in [0.5, 0.6) is 5.75 Å². The van der Waals surface area contributed by atoms with Gasteiger partial charge in [-0.25, -0.2) is 4.98 Å². The molecule has 270 valence electrons. The van der Waals surface area contributed by atoms with E-state index in [0.29, 0.717) is 17.3 Å². The molecule has 0 saturated carbocycles. The topological polar surface area (TPSA) is 55.9 Å². The van der Waals surface area contributed by atoms with Crippen molar-refractivity contribution in [1.29, 1.82) is 0 Å². The van der Waals surface area contributed by atoms with Gasteiger partial charge in [0.1, 0.15) is 11.6 Å². The zero-order valence-electron chi connectivity index (χ0n) is 32.0. The molecule has 0 spiro atoms. The standard InChI is InChI=1S/C49H44N4OSi/c1-32(2)26-35-30-42(50-31-47(35)55(3,4)5)34-27-33(28-37(29-34)52-43-22-12-9-18-39(43)40-19-10-13-23-44(40)52)38-21-15-24-45-48(38)51-49(41-20-11-14-25-46(41)54)53(45)36-16-7-6-8-17-36/h6-25,27-32,54H,26H2,1-5H3. The van der Waals surface area contributed by atoms with E-state index in [-0.39, 0.29) is 5.75 Å². The molecule has 0 bridgehead atoms. The summed E-state index contributed by atoms with van der Waals surface area (Å²) >= 11 is 0. The monoisotopic (exact) mass is 732 g/mol. The minimum Gasteiger partial charge on any atom is -0.507 e. The Morgan fingerprint density at radius 1 is 0.600 bits per heavy atom. The minimum atomic E-state index is -1.64. The third-order valence-electron chi connectivity index (χ3n) is 10.6. The van der Waals surface area contributed by atoms with Gasteiger partial charge in [0.05, 0.1) is 41.4 Å². The van der Waals surface area contributed by atoms with Crippen LogP contribution in [0, 0.1) is 5.92 Å². The minimum absolute atomic E-state index is 0.192. The third-order valence-corrected chi connectivity index (χ3v) is 12.7. The molecule has 0 saturated heterocycles. The summed E-state index contributed by atoms with van der Waals surface area (Å²) in [5, 5.41) is 15.0. The molecule has 0 aliphatic rings. The largest absolute Gasteiger partial charge is 0.507 e. The van der Waals surface area contributed by atoms with Gasteiger partial charge in [0.15, 0.2) is 0 Å². The highest BCUT2D eigenvalue weighted by atomic mass is 28.3. The Bertz CT molecular complexity index is 2830. The molecule has 3 heterocycles. The molecule has 6 aromatic carbocycles. The molecular formula is C49H44N4OSi. The van der Waals surface area contributed by atoms with Gasteiger partial charge in [-0.15, -0.1) is 0 Å². The number of hydrogen-bond acceptors (Lipinski definition) is 3. The Morgan fingerprint density at radius 3 is 1.91 bits per heavy atom. The Kier molecular flexibility index (Phi) is 8.51. The molecule has 55 heavy (non-hydrogen) atoms. The number of aromatic nitrogens is 4. The summed E-state index contributed by atoms with van der Waals surface area (Å²) in [6.45, 7) is 11.8.